The summed E-state index contributed by atoms with van der Waals surface area (Å²) in [6.07, 6.45) is -1.26. The number of amides is 1. The van der Waals surface area contributed by atoms with Gasteiger partial charge in [-0.05, 0) is 57.7 Å². The Balaban J connectivity index is 3.06. The molecule has 7 nitrogen and oxygen atoms in total. The SMILES string of the molecule is CC[C@]1(C(=O)O)C[N+](C(=O)O)(C(C)(C)C)C[C@](CC)(C(=O)O)C1c1cccc(F)c1C. The third-order valence-electron chi connectivity index (χ3n) is 7.59. The number of benzene rings is 1. The monoisotopic (exact) mass is 438 g/mol. The van der Waals surface area contributed by atoms with Crippen molar-refractivity contribution < 1.29 is 38.6 Å². The van der Waals surface area contributed by atoms with E-state index in [1.807, 2.05) is 0 Å². The summed E-state index contributed by atoms with van der Waals surface area (Å²) in [6.45, 7) is 9.21. The first kappa shape index (κ1) is 24.8. The highest BCUT2D eigenvalue weighted by Crippen LogP contribution is 2.60. The molecule has 0 spiro atoms. The van der Waals surface area contributed by atoms with Crippen molar-refractivity contribution in [1.82, 2.24) is 0 Å². The molecule has 0 unspecified atom stereocenters. The zero-order valence-electron chi connectivity index (χ0n) is 19.0. The molecule has 2 rings (SSSR count). The molecule has 172 valence electrons. The van der Waals surface area contributed by atoms with Crippen molar-refractivity contribution in [3.63, 3.8) is 0 Å². The van der Waals surface area contributed by atoms with E-state index in [1.165, 1.54) is 19.1 Å². The van der Waals surface area contributed by atoms with Gasteiger partial charge < -0.3 is 15.3 Å². The van der Waals surface area contributed by atoms with E-state index in [9.17, 15) is 34.1 Å². The number of hydrogen-bond acceptors (Lipinski definition) is 3. The molecule has 1 amide bonds. The first-order valence-corrected chi connectivity index (χ1v) is 10.5. The van der Waals surface area contributed by atoms with Crippen LogP contribution in [0.5, 0.6) is 0 Å². The predicted octanol–water partition coefficient (Wildman–Crippen LogP) is 4.49. The fraction of sp³-hybridized carbons (Fsp3) is 0.609. The van der Waals surface area contributed by atoms with Crippen LogP contribution in [0.4, 0.5) is 9.18 Å². The predicted molar refractivity (Wildman–Crippen MR) is 112 cm³/mol. The lowest BCUT2D eigenvalue weighted by Crippen LogP contribution is -2.76. The van der Waals surface area contributed by atoms with E-state index in [1.54, 1.807) is 40.7 Å². The quantitative estimate of drug-likeness (QED) is 0.584. The number of likely N-dealkylation sites (tertiary alicyclic amines) is 1. The van der Waals surface area contributed by atoms with E-state index < -0.39 is 50.6 Å². The number of rotatable bonds is 5. The molecule has 0 aromatic heterocycles. The van der Waals surface area contributed by atoms with Crippen LogP contribution >= 0.6 is 0 Å². The van der Waals surface area contributed by atoms with Gasteiger partial charge in [0.25, 0.3) is 0 Å². The molecule has 1 aliphatic heterocycles. The van der Waals surface area contributed by atoms with Crippen molar-refractivity contribution in [1.29, 1.82) is 0 Å². The first-order valence-electron chi connectivity index (χ1n) is 10.5. The zero-order valence-corrected chi connectivity index (χ0v) is 19.0. The van der Waals surface area contributed by atoms with Gasteiger partial charge in [-0.2, -0.15) is 4.79 Å². The molecule has 0 saturated carbocycles. The molecule has 3 N–H and O–H groups in total. The van der Waals surface area contributed by atoms with Gasteiger partial charge in [0.05, 0.1) is 0 Å². The summed E-state index contributed by atoms with van der Waals surface area (Å²) in [5.74, 6) is -4.19. The minimum atomic E-state index is -1.73. The van der Waals surface area contributed by atoms with Gasteiger partial charge >= 0.3 is 18.0 Å². The smallest absolute Gasteiger partial charge is 0.481 e. The number of carboxylic acids is 2. The van der Waals surface area contributed by atoms with Crippen LogP contribution in [0.2, 0.25) is 0 Å². The van der Waals surface area contributed by atoms with Crippen LogP contribution in [-0.2, 0) is 9.59 Å². The Morgan fingerprint density at radius 2 is 1.48 bits per heavy atom. The van der Waals surface area contributed by atoms with E-state index in [0.29, 0.717) is 5.56 Å². The molecule has 31 heavy (non-hydrogen) atoms. The van der Waals surface area contributed by atoms with E-state index in [4.69, 9.17) is 0 Å². The van der Waals surface area contributed by atoms with Crippen molar-refractivity contribution in [2.75, 3.05) is 13.1 Å². The molecule has 8 heteroatoms. The van der Waals surface area contributed by atoms with Crippen LogP contribution in [0.1, 0.15) is 64.5 Å². The zero-order chi connectivity index (χ0) is 24.0. The molecule has 1 aromatic rings. The number of hydrogen-bond donors (Lipinski definition) is 3. The van der Waals surface area contributed by atoms with Crippen molar-refractivity contribution in [2.45, 2.75) is 65.8 Å². The number of aliphatic carboxylic acids is 2. The molecule has 2 atom stereocenters. The highest BCUT2D eigenvalue weighted by molar-refractivity contribution is 5.83. The molecule has 0 aliphatic carbocycles. The molecular formula is C23H33FNO6+. The normalized spacial score (nSPS) is 31.3. The number of quaternary nitrogens is 1. The molecule has 1 aromatic carbocycles. The second kappa shape index (κ2) is 7.89. The van der Waals surface area contributed by atoms with Crippen molar-refractivity contribution in [3.8, 4) is 0 Å². The van der Waals surface area contributed by atoms with E-state index in [2.05, 4.69) is 0 Å². The number of nitrogens with zero attached hydrogens (tertiary/aromatic N) is 1. The first-order chi connectivity index (χ1) is 14.2. The van der Waals surface area contributed by atoms with Crippen LogP contribution < -0.4 is 0 Å². The Morgan fingerprint density at radius 3 is 1.81 bits per heavy atom. The lowest BCUT2D eigenvalue weighted by atomic mass is 9.52. The Labute approximate surface area is 182 Å². The molecule has 1 fully saturated rings. The largest absolute Gasteiger partial charge is 0.514 e. The van der Waals surface area contributed by atoms with Crippen LogP contribution in [0.3, 0.4) is 0 Å². The molecule has 1 heterocycles. The topological polar surface area (TPSA) is 112 Å². The fourth-order valence-corrected chi connectivity index (χ4v) is 5.48. The number of halogens is 1. The summed E-state index contributed by atoms with van der Waals surface area (Å²) in [5.41, 5.74) is -3.92. The van der Waals surface area contributed by atoms with Gasteiger partial charge in [-0.3, -0.25) is 9.59 Å². The molecule has 0 radical (unpaired) electrons. The maximum absolute atomic E-state index is 14.5. The molecule has 1 saturated heterocycles. The lowest BCUT2D eigenvalue weighted by Gasteiger charge is -2.59. The average molecular weight is 439 g/mol. The summed E-state index contributed by atoms with van der Waals surface area (Å²) >= 11 is 0. The summed E-state index contributed by atoms with van der Waals surface area (Å²) in [4.78, 5) is 38.4. The Hall–Kier alpha value is -2.48. The molecule has 0 bridgehead atoms. The van der Waals surface area contributed by atoms with Crippen LogP contribution in [0.25, 0.3) is 0 Å². The van der Waals surface area contributed by atoms with E-state index in [0.717, 1.165) is 0 Å². The summed E-state index contributed by atoms with van der Waals surface area (Å²) < 4.78 is 13.8. The van der Waals surface area contributed by atoms with E-state index in [-0.39, 0.29) is 31.5 Å². The standard InChI is InChI=1S/C23H32FNO6/c1-7-22(18(26)27)12-25(20(30)31,21(4,5)6)13-23(8-2,19(28)29)17(22)15-10-9-11-16(24)14(15)3/h9-11,17H,7-8,12-13H2,1-6H3,(H2-,26,27,28,29,30,31)/p+1/t17?,22-,23-,25?/m0/s1. The van der Waals surface area contributed by atoms with Crippen LogP contribution in [0.15, 0.2) is 18.2 Å². The minimum Gasteiger partial charge on any atom is -0.481 e. The highest BCUT2D eigenvalue weighted by atomic mass is 19.1. The van der Waals surface area contributed by atoms with Crippen LogP contribution in [-0.4, -0.2) is 56.5 Å². The van der Waals surface area contributed by atoms with Gasteiger partial charge in [0.15, 0.2) is 0 Å². The van der Waals surface area contributed by atoms with Crippen molar-refractivity contribution >= 4 is 18.0 Å². The number of piperidine rings is 1. The third kappa shape index (κ3) is 3.41. The summed E-state index contributed by atoms with van der Waals surface area (Å²) in [6, 6.07) is 4.26. The second-order valence-electron chi connectivity index (χ2n) is 9.75. The maximum atomic E-state index is 14.5. The van der Waals surface area contributed by atoms with Gasteiger partial charge in [0.1, 0.15) is 35.3 Å². The minimum absolute atomic E-state index is 0.00133. The van der Waals surface area contributed by atoms with Gasteiger partial charge in [0.2, 0.25) is 0 Å². The molecule has 1 aliphatic rings. The second-order valence-corrected chi connectivity index (χ2v) is 9.75. The highest BCUT2D eigenvalue weighted by Gasteiger charge is 2.72. The maximum Gasteiger partial charge on any atom is 0.514 e. The average Bonchev–Trinajstić information content (AvgIpc) is 2.67. The van der Waals surface area contributed by atoms with Gasteiger partial charge in [-0.1, -0.05) is 26.0 Å². The molecular weight excluding hydrogens is 405 g/mol. The summed E-state index contributed by atoms with van der Waals surface area (Å²) in [7, 11) is 0. The van der Waals surface area contributed by atoms with Crippen LogP contribution in [0, 0.1) is 23.6 Å². The van der Waals surface area contributed by atoms with Gasteiger partial charge in [0, 0.05) is 5.92 Å². The van der Waals surface area contributed by atoms with Crippen molar-refractivity contribution in [3.05, 3.63) is 35.1 Å². The Kier molecular flexibility index (Phi) is 6.31. The summed E-state index contributed by atoms with van der Waals surface area (Å²) in [5, 5.41) is 31.3. The Bertz CT molecular complexity index is 876. The number of carboxylic acid groups (broad SMARTS) is 3. The Morgan fingerprint density at radius 1 is 1.03 bits per heavy atom. The fourth-order valence-electron chi connectivity index (χ4n) is 5.48. The third-order valence-corrected chi connectivity index (χ3v) is 7.59. The number of carbonyl (C=O) groups is 3. The lowest BCUT2D eigenvalue weighted by molar-refractivity contribution is -0.920. The van der Waals surface area contributed by atoms with Gasteiger partial charge in [-0.25, -0.2) is 8.87 Å². The van der Waals surface area contributed by atoms with E-state index >= 15 is 0 Å². The van der Waals surface area contributed by atoms with Crippen molar-refractivity contribution in [2.24, 2.45) is 10.8 Å². The van der Waals surface area contributed by atoms with Gasteiger partial charge in [-0.15, -0.1) is 0 Å².